The van der Waals surface area contributed by atoms with Crippen LogP contribution in [-0.2, 0) is 13.0 Å². The lowest BCUT2D eigenvalue weighted by Gasteiger charge is -2.39. The summed E-state index contributed by atoms with van der Waals surface area (Å²) < 4.78 is 10.8. The lowest BCUT2D eigenvalue weighted by Crippen LogP contribution is -2.55. The molecule has 7 heteroatoms. The molecule has 0 saturated carbocycles. The van der Waals surface area contributed by atoms with E-state index < -0.39 is 6.09 Å². The van der Waals surface area contributed by atoms with Crippen LogP contribution in [-0.4, -0.2) is 60.1 Å². The minimum Gasteiger partial charge on any atom is -0.465 e. The molecule has 7 nitrogen and oxygen atoms in total. The summed E-state index contributed by atoms with van der Waals surface area (Å²) in [5.74, 6) is 1.62. The molecule has 4 rings (SSSR count). The van der Waals surface area contributed by atoms with E-state index in [0.717, 1.165) is 57.1 Å². The van der Waals surface area contributed by atoms with E-state index in [2.05, 4.69) is 33.3 Å². The fraction of sp³-hybridized carbons (Fsp3) is 0.409. The van der Waals surface area contributed by atoms with Crippen molar-refractivity contribution in [2.75, 3.05) is 33.0 Å². The zero-order valence-electron chi connectivity index (χ0n) is 16.4. The molecule has 1 fully saturated rings. The molecule has 0 aliphatic carbocycles. The van der Waals surface area contributed by atoms with Crippen molar-refractivity contribution in [3.8, 4) is 11.5 Å². The van der Waals surface area contributed by atoms with Gasteiger partial charge in [-0.25, -0.2) is 4.79 Å². The van der Waals surface area contributed by atoms with Crippen molar-refractivity contribution in [2.45, 2.75) is 25.6 Å². The molecule has 2 heterocycles. The first-order valence-corrected chi connectivity index (χ1v) is 10.1. The van der Waals surface area contributed by atoms with Crippen LogP contribution in [0.2, 0.25) is 0 Å². The van der Waals surface area contributed by atoms with Crippen LogP contribution in [0.1, 0.15) is 17.5 Å². The predicted octanol–water partition coefficient (Wildman–Crippen LogP) is 2.76. The first-order valence-electron chi connectivity index (χ1n) is 10.1. The smallest absolute Gasteiger partial charge is 0.405 e. The Morgan fingerprint density at radius 3 is 2.52 bits per heavy atom. The van der Waals surface area contributed by atoms with Gasteiger partial charge in [0.1, 0.15) is 0 Å². The third kappa shape index (κ3) is 5.19. The first-order chi connectivity index (χ1) is 14.2. The van der Waals surface area contributed by atoms with Crippen molar-refractivity contribution in [3.63, 3.8) is 0 Å². The molecule has 0 bridgehead atoms. The van der Waals surface area contributed by atoms with E-state index in [4.69, 9.17) is 9.47 Å². The highest BCUT2D eigenvalue weighted by Gasteiger charge is 2.25. The largest absolute Gasteiger partial charge is 0.465 e. The Bertz CT molecular complexity index is 822. The van der Waals surface area contributed by atoms with Crippen LogP contribution < -0.4 is 14.8 Å². The fourth-order valence-electron chi connectivity index (χ4n) is 3.97. The zero-order chi connectivity index (χ0) is 20.1. The number of ether oxygens (including phenoxy) is 2. The van der Waals surface area contributed by atoms with Gasteiger partial charge in [0.25, 0.3) is 0 Å². The minimum absolute atomic E-state index is 0.166. The molecule has 2 N–H and O–H groups in total. The highest BCUT2D eigenvalue weighted by molar-refractivity contribution is 5.64. The average Bonchev–Trinajstić information content (AvgIpc) is 3.20. The molecule has 2 aliphatic heterocycles. The Morgan fingerprint density at radius 1 is 1.00 bits per heavy atom. The SMILES string of the molecule is O=C(O)NC(CCc1ccccc1)N1CCN(Cc2ccc3c(c2)OCO3)CC1. The molecule has 1 unspecified atom stereocenters. The molecule has 2 aromatic carbocycles. The van der Waals surface area contributed by atoms with Gasteiger partial charge >= 0.3 is 6.09 Å². The second-order valence-corrected chi connectivity index (χ2v) is 7.49. The summed E-state index contributed by atoms with van der Waals surface area (Å²) in [6.07, 6.45) is 0.480. The van der Waals surface area contributed by atoms with Crippen LogP contribution >= 0.6 is 0 Å². The number of fused-ring (bicyclic) bond motifs is 1. The van der Waals surface area contributed by atoms with Gasteiger partial charge < -0.3 is 19.9 Å². The summed E-state index contributed by atoms with van der Waals surface area (Å²) in [6, 6.07) is 16.3. The minimum atomic E-state index is -0.967. The summed E-state index contributed by atoms with van der Waals surface area (Å²) in [6.45, 7) is 4.62. The van der Waals surface area contributed by atoms with Crippen LogP contribution in [0.5, 0.6) is 11.5 Å². The van der Waals surface area contributed by atoms with Gasteiger partial charge in [-0.1, -0.05) is 36.4 Å². The number of amides is 1. The monoisotopic (exact) mass is 397 g/mol. The number of aryl methyl sites for hydroxylation is 1. The molecule has 29 heavy (non-hydrogen) atoms. The summed E-state index contributed by atoms with van der Waals surface area (Å²) in [4.78, 5) is 15.9. The Kier molecular flexibility index (Phi) is 6.17. The van der Waals surface area contributed by atoms with Gasteiger partial charge in [0.15, 0.2) is 11.5 Å². The molecular weight excluding hydrogens is 370 g/mol. The summed E-state index contributed by atoms with van der Waals surface area (Å²) in [5.41, 5.74) is 2.43. The number of piperazine rings is 1. The quantitative estimate of drug-likeness (QED) is 0.748. The standard InChI is InChI=1S/C22H27N3O4/c26-22(27)23-21(9-7-17-4-2-1-3-5-17)25-12-10-24(11-13-25)15-18-6-8-19-20(14-18)29-16-28-19/h1-6,8,14,21,23H,7,9-13,15-16H2,(H,26,27). The van der Waals surface area contributed by atoms with Crippen molar-refractivity contribution in [2.24, 2.45) is 0 Å². The molecule has 0 aromatic heterocycles. The normalized spacial score (nSPS) is 17.8. The van der Waals surface area contributed by atoms with E-state index in [9.17, 15) is 9.90 Å². The maximum Gasteiger partial charge on any atom is 0.405 e. The van der Waals surface area contributed by atoms with E-state index in [-0.39, 0.29) is 6.17 Å². The molecule has 2 aliphatic rings. The fourth-order valence-corrected chi connectivity index (χ4v) is 3.97. The van der Waals surface area contributed by atoms with Gasteiger partial charge in [0.2, 0.25) is 6.79 Å². The molecular formula is C22H27N3O4. The lowest BCUT2D eigenvalue weighted by molar-refractivity contribution is 0.0723. The van der Waals surface area contributed by atoms with E-state index in [0.29, 0.717) is 6.79 Å². The van der Waals surface area contributed by atoms with E-state index in [1.165, 1.54) is 11.1 Å². The van der Waals surface area contributed by atoms with Crippen molar-refractivity contribution >= 4 is 6.09 Å². The Labute approximate surface area is 170 Å². The first kappa shape index (κ1) is 19.5. The maximum atomic E-state index is 11.3. The Morgan fingerprint density at radius 2 is 1.76 bits per heavy atom. The second kappa shape index (κ2) is 9.15. The molecule has 1 saturated heterocycles. The average molecular weight is 397 g/mol. The molecule has 0 spiro atoms. The van der Waals surface area contributed by atoms with Gasteiger partial charge in [0.05, 0.1) is 6.17 Å². The number of benzene rings is 2. The topological polar surface area (TPSA) is 74.3 Å². The van der Waals surface area contributed by atoms with Crippen LogP contribution in [0.4, 0.5) is 4.79 Å². The van der Waals surface area contributed by atoms with Gasteiger partial charge in [-0.05, 0) is 36.1 Å². The van der Waals surface area contributed by atoms with Crippen LogP contribution in [0, 0.1) is 0 Å². The van der Waals surface area contributed by atoms with Crippen LogP contribution in [0.3, 0.4) is 0 Å². The van der Waals surface area contributed by atoms with Crippen molar-refractivity contribution in [1.29, 1.82) is 0 Å². The Balaban J connectivity index is 1.30. The molecule has 0 radical (unpaired) electrons. The molecule has 1 amide bonds. The summed E-state index contributed by atoms with van der Waals surface area (Å²) in [7, 11) is 0. The lowest BCUT2D eigenvalue weighted by atomic mass is 10.1. The highest BCUT2D eigenvalue weighted by atomic mass is 16.7. The summed E-state index contributed by atoms with van der Waals surface area (Å²) >= 11 is 0. The van der Waals surface area contributed by atoms with Crippen molar-refractivity contribution < 1.29 is 19.4 Å². The molecule has 1 atom stereocenters. The number of nitrogens with zero attached hydrogens (tertiary/aromatic N) is 2. The highest BCUT2D eigenvalue weighted by Crippen LogP contribution is 2.32. The number of hydrogen-bond donors (Lipinski definition) is 2. The number of carboxylic acid groups (broad SMARTS) is 1. The zero-order valence-corrected chi connectivity index (χ0v) is 16.4. The van der Waals surface area contributed by atoms with Gasteiger partial charge in [0, 0.05) is 32.7 Å². The van der Waals surface area contributed by atoms with Crippen molar-refractivity contribution in [1.82, 2.24) is 15.1 Å². The van der Waals surface area contributed by atoms with E-state index >= 15 is 0 Å². The predicted molar refractivity (Wildman–Crippen MR) is 109 cm³/mol. The van der Waals surface area contributed by atoms with Crippen LogP contribution in [0.25, 0.3) is 0 Å². The second-order valence-electron chi connectivity index (χ2n) is 7.49. The maximum absolute atomic E-state index is 11.3. The van der Waals surface area contributed by atoms with Gasteiger partial charge in [-0.15, -0.1) is 0 Å². The third-order valence-electron chi connectivity index (χ3n) is 5.53. The van der Waals surface area contributed by atoms with Gasteiger partial charge in [-0.2, -0.15) is 0 Å². The Hall–Kier alpha value is -2.77. The van der Waals surface area contributed by atoms with E-state index in [1.54, 1.807) is 0 Å². The number of nitrogens with one attached hydrogen (secondary N) is 1. The third-order valence-corrected chi connectivity index (χ3v) is 5.53. The molecule has 2 aromatic rings. The number of carbonyl (C=O) groups is 1. The number of hydrogen-bond acceptors (Lipinski definition) is 5. The summed E-state index contributed by atoms with van der Waals surface area (Å²) in [5, 5.41) is 12.0. The van der Waals surface area contributed by atoms with E-state index in [1.807, 2.05) is 30.3 Å². The van der Waals surface area contributed by atoms with Crippen LogP contribution in [0.15, 0.2) is 48.5 Å². The van der Waals surface area contributed by atoms with Crippen molar-refractivity contribution in [3.05, 3.63) is 59.7 Å². The number of rotatable bonds is 7. The van der Waals surface area contributed by atoms with Gasteiger partial charge in [-0.3, -0.25) is 9.80 Å². The molecule has 154 valence electrons.